The molecule has 0 rings (SSSR count). The van der Waals surface area contributed by atoms with Crippen LogP contribution in [0.3, 0.4) is 0 Å². The smallest absolute Gasteiger partial charge is 0.220 e. The number of aliphatic hydroxyl groups is 2. The summed E-state index contributed by atoms with van der Waals surface area (Å²) in [4.78, 5) is 11.7. The molecule has 0 saturated carbocycles. The lowest BCUT2D eigenvalue weighted by molar-refractivity contribution is -0.123. The van der Waals surface area contributed by atoms with E-state index < -0.39 is 5.60 Å². The van der Waals surface area contributed by atoms with E-state index in [9.17, 15) is 9.90 Å². The molecule has 0 spiro atoms. The second kappa shape index (κ2) is 7.82. The van der Waals surface area contributed by atoms with E-state index in [1.165, 1.54) is 6.92 Å². The predicted octanol–water partition coefficient (Wildman–Crippen LogP) is 0.637. The van der Waals surface area contributed by atoms with Gasteiger partial charge in [0.05, 0.1) is 6.61 Å². The molecule has 0 heterocycles. The first-order valence-electron chi connectivity index (χ1n) is 6.92. The van der Waals surface area contributed by atoms with Crippen LogP contribution in [0.25, 0.3) is 0 Å². The van der Waals surface area contributed by atoms with E-state index in [0.29, 0.717) is 18.9 Å². The van der Waals surface area contributed by atoms with E-state index in [1.54, 1.807) is 0 Å². The van der Waals surface area contributed by atoms with Gasteiger partial charge in [-0.3, -0.25) is 4.79 Å². The summed E-state index contributed by atoms with van der Waals surface area (Å²) in [6, 6.07) is 0. The molecule has 0 aromatic carbocycles. The van der Waals surface area contributed by atoms with Crippen LogP contribution in [0.2, 0.25) is 0 Å². The molecule has 5 heteroatoms. The molecule has 0 aromatic heterocycles. The van der Waals surface area contributed by atoms with Crippen molar-refractivity contribution in [2.75, 3.05) is 19.7 Å². The second-order valence-corrected chi connectivity index (χ2v) is 6.61. The topological polar surface area (TPSA) is 95.6 Å². The number of carbonyl (C=O) groups excluding carboxylic acids is 1. The maximum Gasteiger partial charge on any atom is 0.220 e. The molecule has 0 aliphatic rings. The number of carbonyl (C=O) groups is 1. The van der Waals surface area contributed by atoms with Gasteiger partial charge in [-0.05, 0) is 37.6 Å². The van der Waals surface area contributed by atoms with Gasteiger partial charge in [-0.1, -0.05) is 20.8 Å². The van der Waals surface area contributed by atoms with E-state index in [4.69, 9.17) is 10.8 Å². The van der Waals surface area contributed by atoms with E-state index in [2.05, 4.69) is 26.1 Å². The van der Waals surface area contributed by atoms with Crippen molar-refractivity contribution in [3.63, 3.8) is 0 Å². The minimum absolute atomic E-state index is 0.0689. The van der Waals surface area contributed by atoms with Crippen molar-refractivity contribution in [2.45, 2.75) is 52.6 Å². The molecule has 0 bridgehead atoms. The van der Waals surface area contributed by atoms with Crippen LogP contribution < -0.4 is 11.1 Å². The van der Waals surface area contributed by atoms with Gasteiger partial charge in [0, 0.05) is 13.0 Å². The highest BCUT2D eigenvalue weighted by Crippen LogP contribution is 2.31. The zero-order valence-corrected chi connectivity index (χ0v) is 12.7. The predicted molar refractivity (Wildman–Crippen MR) is 76.6 cm³/mol. The van der Waals surface area contributed by atoms with Gasteiger partial charge in [0.1, 0.15) is 5.60 Å². The Morgan fingerprint density at radius 3 is 2.26 bits per heavy atom. The van der Waals surface area contributed by atoms with Gasteiger partial charge in [-0.15, -0.1) is 0 Å². The lowest BCUT2D eigenvalue weighted by Gasteiger charge is -2.30. The van der Waals surface area contributed by atoms with Crippen molar-refractivity contribution in [2.24, 2.45) is 17.1 Å². The van der Waals surface area contributed by atoms with E-state index in [1.807, 2.05) is 0 Å². The molecule has 0 radical (unpaired) electrons. The summed E-state index contributed by atoms with van der Waals surface area (Å²) in [6.07, 6.45) is 2.11. The molecule has 2 unspecified atom stereocenters. The van der Waals surface area contributed by atoms with Crippen molar-refractivity contribution in [1.82, 2.24) is 5.32 Å². The molecule has 114 valence electrons. The van der Waals surface area contributed by atoms with Crippen LogP contribution in [-0.2, 0) is 4.79 Å². The normalized spacial score (nSPS) is 16.8. The van der Waals surface area contributed by atoms with Crippen molar-refractivity contribution in [1.29, 1.82) is 0 Å². The zero-order valence-electron chi connectivity index (χ0n) is 12.7. The average molecular weight is 274 g/mol. The maximum atomic E-state index is 11.7. The molecule has 0 aliphatic carbocycles. The van der Waals surface area contributed by atoms with Crippen molar-refractivity contribution >= 4 is 5.91 Å². The fourth-order valence-corrected chi connectivity index (χ4v) is 1.95. The van der Waals surface area contributed by atoms with Crippen LogP contribution in [0, 0.1) is 11.3 Å². The van der Waals surface area contributed by atoms with Crippen LogP contribution in [0.4, 0.5) is 0 Å². The Kier molecular flexibility index (Phi) is 7.55. The number of rotatable bonds is 8. The summed E-state index contributed by atoms with van der Waals surface area (Å²) in [5, 5.41) is 21.1. The largest absolute Gasteiger partial charge is 0.393 e. The molecule has 0 saturated heterocycles. The Bertz CT molecular complexity index is 272. The minimum Gasteiger partial charge on any atom is -0.393 e. The summed E-state index contributed by atoms with van der Waals surface area (Å²) < 4.78 is 0. The summed E-state index contributed by atoms with van der Waals surface area (Å²) in [5.41, 5.74) is 4.49. The Balaban J connectivity index is 4.13. The van der Waals surface area contributed by atoms with Gasteiger partial charge in [0.15, 0.2) is 0 Å². The first kappa shape index (κ1) is 18.4. The quantitative estimate of drug-likeness (QED) is 0.522. The van der Waals surface area contributed by atoms with Gasteiger partial charge in [0.2, 0.25) is 5.91 Å². The van der Waals surface area contributed by atoms with Gasteiger partial charge >= 0.3 is 0 Å². The summed E-state index contributed by atoms with van der Waals surface area (Å²) in [6.45, 7) is 8.28. The monoisotopic (exact) mass is 274 g/mol. The number of aliphatic hydroxyl groups excluding tert-OH is 1. The highest BCUT2D eigenvalue weighted by atomic mass is 16.3. The number of amides is 1. The summed E-state index contributed by atoms with van der Waals surface area (Å²) in [7, 11) is 0. The van der Waals surface area contributed by atoms with Crippen molar-refractivity contribution in [3.05, 3.63) is 0 Å². The molecule has 0 fully saturated rings. The van der Waals surface area contributed by atoms with E-state index in [0.717, 1.165) is 12.8 Å². The van der Waals surface area contributed by atoms with Crippen LogP contribution >= 0.6 is 0 Å². The molecule has 1 amide bonds. The van der Waals surface area contributed by atoms with E-state index >= 15 is 0 Å². The number of hydrogen-bond donors (Lipinski definition) is 4. The first-order chi connectivity index (χ1) is 8.62. The lowest BCUT2D eigenvalue weighted by atomic mass is 9.76. The van der Waals surface area contributed by atoms with Crippen molar-refractivity contribution < 1.29 is 15.0 Å². The standard InChI is InChI=1S/C14H30N2O3/c1-13(2,3)11(7-8-15)5-6-12(18)16-9-14(4,19)10-17/h11,17,19H,5-10,15H2,1-4H3,(H,16,18). The Hall–Kier alpha value is -0.650. The summed E-state index contributed by atoms with van der Waals surface area (Å²) >= 11 is 0. The fourth-order valence-electron chi connectivity index (χ4n) is 1.95. The SMILES string of the molecule is CC(O)(CO)CNC(=O)CCC(CCN)C(C)(C)C. The minimum atomic E-state index is -1.25. The van der Waals surface area contributed by atoms with Crippen LogP contribution in [0.5, 0.6) is 0 Å². The number of hydrogen-bond acceptors (Lipinski definition) is 4. The first-order valence-corrected chi connectivity index (χ1v) is 6.92. The molecule has 5 N–H and O–H groups in total. The van der Waals surface area contributed by atoms with Crippen LogP contribution in [0.1, 0.15) is 47.0 Å². The molecule has 0 aromatic rings. The summed E-state index contributed by atoms with van der Waals surface area (Å²) in [5.74, 6) is 0.307. The Labute approximate surface area is 116 Å². The Morgan fingerprint density at radius 1 is 1.26 bits per heavy atom. The molecule has 5 nitrogen and oxygen atoms in total. The third-order valence-corrected chi connectivity index (χ3v) is 3.47. The highest BCUT2D eigenvalue weighted by molar-refractivity contribution is 5.75. The van der Waals surface area contributed by atoms with Gasteiger partial charge < -0.3 is 21.3 Å². The number of nitrogens with two attached hydrogens (primary N) is 1. The molecule has 2 atom stereocenters. The maximum absolute atomic E-state index is 11.7. The van der Waals surface area contributed by atoms with Crippen LogP contribution in [-0.4, -0.2) is 41.4 Å². The molecule has 19 heavy (non-hydrogen) atoms. The third kappa shape index (κ3) is 8.18. The molecular weight excluding hydrogens is 244 g/mol. The molecule has 0 aliphatic heterocycles. The lowest BCUT2D eigenvalue weighted by Crippen LogP contribution is -2.43. The number of nitrogens with one attached hydrogen (secondary N) is 1. The van der Waals surface area contributed by atoms with Gasteiger partial charge in [-0.25, -0.2) is 0 Å². The zero-order chi connectivity index (χ0) is 15.1. The van der Waals surface area contributed by atoms with Gasteiger partial charge in [0.25, 0.3) is 0 Å². The second-order valence-electron chi connectivity index (χ2n) is 6.61. The fraction of sp³-hybridized carbons (Fsp3) is 0.929. The highest BCUT2D eigenvalue weighted by Gasteiger charge is 2.25. The van der Waals surface area contributed by atoms with Gasteiger partial charge in [-0.2, -0.15) is 0 Å². The van der Waals surface area contributed by atoms with Crippen molar-refractivity contribution in [3.8, 4) is 0 Å². The van der Waals surface area contributed by atoms with Crippen LogP contribution in [0.15, 0.2) is 0 Å². The Morgan fingerprint density at radius 2 is 1.84 bits per heavy atom. The third-order valence-electron chi connectivity index (χ3n) is 3.47. The van der Waals surface area contributed by atoms with E-state index in [-0.39, 0.29) is 24.5 Å². The average Bonchev–Trinajstić information content (AvgIpc) is 2.30. The molecular formula is C14H30N2O3.